The number of ether oxygens (including phenoxy) is 1. The molecule has 2 aromatic rings. The van der Waals surface area contributed by atoms with Gasteiger partial charge >= 0.3 is 5.69 Å². The molecule has 0 spiro atoms. The highest BCUT2D eigenvalue weighted by atomic mass is 16.5. The lowest BCUT2D eigenvalue weighted by molar-refractivity contribution is 0.0404. The van der Waals surface area contributed by atoms with Gasteiger partial charge in [-0.15, -0.1) is 6.58 Å². The largest absolute Gasteiger partial charge is 0.389 e. The molecular formula is C14H21N5O4. The van der Waals surface area contributed by atoms with Crippen LogP contribution in [0.1, 0.15) is 0 Å². The van der Waals surface area contributed by atoms with Crippen LogP contribution in [0.25, 0.3) is 11.2 Å². The molecule has 0 bridgehead atoms. The lowest BCUT2D eigenvalue weighted by Gasteiger charge is -2.17. The van der Waals surface area contributed by atoms with Gasteiger partial charge in [0.2, 0.25) is 5.95 Å². The van der Waals surface area contributed by atoms with Crippen LogP contribution in [0.15, 0.2) is 22.2 Å². The van der Waals surface area contributed by atoms with Gasteiger partial charge in [0.1, 0.15) is 0 Å². The van der Waals surface area contributed by atoms with Crippen molar-refractivity contribution >= 4 is 17.1 Å². The normalized spacial score (nSPS) is 12.5. The summed E-state index contributed by atoms with van der Waals surface area (Å²) in [6, 6.07) is 0. The molecule has 2 aromatic heterocycles. The minimum atomic E-state index is -0.831. The number of anilines is 1. The summed E-state index contributed by atoms with van der Waals surface area (Å²) in [6.45, 7) is 4.08. The van der Waals surface area contributed by atoms with Crippen molar-refractivity contribution < 1.29 is 9.84 Å². The molecule has 0 saturated carbocycles. The summed E-state index contributed by atoms with van der Waals surface area (Å²) in [6.07, 6.45) is 0.758. The standard InChI is InChI=1S/C14H21N5O4/c1-5-6-23-8-9(20)7-19-10-11(15-13(19)17(2)3)18(4)14(22)16-12(10)21/h5,9,20H,1,6-8H2,2-4H3,(H,16,21,22)/t9-/m1/s1. The first-order chi connectivity index (χ1) is 10.9. The van der Waals surface area contributed by atoms with Crippen molar-refractivity contribution in [2.24, 2.45) is 7.05 Å². The average molecular weight is 323 g/mol. The molecule has 0 aliphatic rings. The van der Waals surface area contributed by atoms with Gasteiger partial charge in [-0.3, -0.25) is 14.3 Å². The minimum Gasteiger partial charge on any atom is -0.389 e. The van der Waals surface area contributed by atoms with E-state index in [2.05, 4.69) is 16.5 Å². The summed E-state index contributed by atoms with van der Waals surface area (Å²) in [4.78, 5) is 32.2. The van der Waals surface area contributed by atoms with Gasteiger partial charge in [-0.2, -0.15) is 4.98 Å². The highest BCUT2D eigenvalue weighted by molar-refractivity contribution is 5.74. The molecule has 0 aliphatic heterocycles. The number of rotatable bonds is 7. The Hall–Kier alpha value is -2.39. The van der Waals surface area contributed by atoms with E-state index in [1.54, 1.807) is 29.6 Å². The van der Waals surface area contributed by atoms with E-state index in [0.29, 0.717) is 12.6 Å². The van der Waals surface area contributed by atoms with Crippen LogP contribution in [0.2, 0.25) is 0 Å². The Morgan fingerprint density at radius 3 is 2.78 bits per heavy atom. The highest BCUT2D eigenvalue weighted by Gasteiger charge is 2.20. The Morgan fingerprint density at radius 1 is 1.48 bits per heavy atom. The average Bonchev–Trinajstić information content (AvgIpc) is 2.85. The molecule has 23 heavy (non-hydrogen) atoms. The van der Waals surface area contributed by atoms with E-state index in [4.69, 9.17) is 4.74 Å². The van der Waals surface area contributed by atoms with E-state index in [1.165, 1.54) is 11.6 Å². The first-order valence-electron chi connectivity index (χ1n) is 7.10. The number of nitrogens with zero attached hydrogens (tertiary/aromatic N) is 4. The molecule has 1 atom stereocenters. The molecule has 0 unspecified atom stereocenters. The fraction of sp³-hybridized carbons (Fsp3) is 0.500. The molecule has 0 saturated heterocycles. The zero-order chi connectivity index (χ0) is 17.1. The van der Waals surface area contributed by atoms with Gasteiger partial charge in [-0.05, 0) is 0 Å². The summed E-state index contributed by atoms with van der Waals surface area (Å²) in [7, 11) is 5.07. The zero-order valence-corrected chi connectivity index (χ0v) is 13.4. The fourth-order valence-corrected chi connectivity index (χ4v) is 2.29. The molecule has 126 valence electrons. The maximum Gasteiger partial charge on any atom is 0.329 e. The summed E-state index contributed by atoms with van der Waals surface area (Å²) in [5, 5.41) is 10.1. The predicted octanol–water partition coefficient (Wildman–Crippen LogP) is -0.947. The molecular weight excluding hydrogens is 302 g/mol. The lowest BCUT2D eigenvalue weighted by atomic mass is 10.3. The number of aromatic amines is 1. The molecule has 0 amide bonds. The van der Waals surface area contributed by atoms with Crippen LogP contribution in [-0.4, -0.2) is 57.6 Å². The van der Waals surface area contributed by atoms with Crippen LogP contribution in [0.4, 0.5) is 5.95 Å². The van der Waals surface area contributed by atoms with E-state index in [9.17, 15) is 14.7 Å². The van der Waals surface area contributed by atoms with Crippen LogP contribution in [0.5, 0.6) is 0 Å². The fourth-order valence-electron chi connectivity index (χ4n) is 2.29. The van der Waals surface area contributed by atoms with Gasteiger partial charge in [0.05, 0.1) is 25.9 Å². The monoisotopic (exact) mass is 323 g/mol. The Morgan fingerprint density at radius 2 is 2.17 bits per heavy atom. The van der Waals surface area contributed by atoms with E-state index in [-0.39, 0.29) is 24.3 Å². The number of aryl methyl sites for hydroxylation is 1. The van der Waals surface area contributed by atoms with Gasteiger partial charge < -0.3 is 19.3 Å². The van der Waals surface area contributed by atoms with E-state index < -0.39 is 17.4 Å². The van der Waals surface area contributed by atoms with Crippen LogP contribution >= 0.6 is 0 Å². The van der Waals surface area contributed by atoms with Gasteiger partial charge in [0.25, 0.3) is 5.56 Å². The number of hydrogen-bond donors (Lipinski definition) is 2. The van der Waals surface area contributed by atoms with Crippen molar-refractivity contribution in [3.63, 3.8) is 0 Å². The predicted molar refractivity (Wildman–Crippen MR) is 86.9 cm³/mol. The number of fused-ring (bicyclic) bond motifs is 1. The lowest BCUT2D eigenvalue weighted by Crippen LogP contribution is -2.31. The van der Waals surface area contributed by atoms with Crippen molar-refractivity contribution in [1.82, 2.24) is 19.1 Å². The van der Waals surface area contributed by atoms with E-state index >= 15 is 0 Å². The number of aliphatic hydroxyl groups excluding tert-OH is 1. The first kappa shape index (κ1) is 17.0. The van der Waals surface area contributed by atoms with Crippen molar-refractivity contribution in [3.05, 3.63) is 33.5 Å². The number of aromatic nitrogens is 4. The third-order valence-corrected chi connectivity index (χ3v) is 3.33. The van der Waals surface area contributed by atoms with Crippen molar-refractivity contribution in [2.45, 2.75) is 12.6 Å². The molecule has 2 heterocycles. The number of imidazole rings is 1. The van der Waals surface area contributed by atoms with Gasteiger partial charge in [-0.25, -0.2) is 4.79 Å². The number of hydrogen-bond acceptors (Lipinski definition) is 6. The summed E-state index contributed by atoms with van der Waals surface area (Å²) in [5.74, 6) is 0.467. The molecule has 9 nitrogen and oxygen atoms in total. The second kappa shape index (κ2) is 6.80. The zero-order valence-electron chi connectivity index (χ0n) is 13.4. The first-order valence-corrected chi connectivity index (χ1v) is 7.10. The highest BCUT2D eigenvalue weighted by Crippen LogP contribution is 2.18. The van der Waals surface area contributed by atoms with Crippen LogP contribution in [-0.2, 0) is 18.3 Å². The summed E-state index contributed by atoms with van der Waals surface area (Å²) < 4.78 is 8.07. The van der Waals surface area contributed by atoms with Gasteiger partial charge in [-0.1, -0.05) is 6.08 Å². The second-order valence-corrected chi connectivity index (χ2v) is 5.39. The quantitative estimate of drug-likeness (QED) is 0.503. The molecule has 0 aliphatic carbocycles. The Bertz CT molecular complexity index is 817. The molecule has 0 fully saturated rings. The van der Waals surface area contributed by atoms with Crippen molar-refractivity contribution in [2.75, 3.05) is 32.2 Å². The Labute approximate surface area is 132 Å². The molecule has 9 heteroatoms. The second-order valence-electron chi connectivity index (χ2n) is 5.39. The van der Waals surface area contributed by atoms with E-state index in [1.807, 2.05) is 0 Å². The molecule has 0 aromatic carbocycles. The Balaban J connectivity index is 2.50. The number of aliphatic hydroxyl groups is 1. The van der Waals surface area contributed by atoms with Crippen molar-refractivity contribution in [1.29, 1.82) is 0 Å². The maximum atomic E-state index is 12.2. The van der Waals surface area contributed by atoms with Crippen LogP contribution in [0.3, 0.4) is 0 Å². The SMILES string of the molecule is C=CCOC[C@H](O)Cn1c(N(C)C)nc2c1c(=O)[nH]c(=O)n2C. The Kier molecular flexibility index (Phi) is 5.02. The third kappa shape index (κ3) is 3.35. The van der Waals surface area contributed by atoms with Crippen molar-refractivity contribution in [3.8, 4) is 0 Å². The molecule has 2 N–H and O–H groups in total. The summed E-state index contributed by atoms with van der Waals surface area (Å²) >= 11 is 0. The smallest absolute Gasteiger partial charge is 0.329 e. The van der Waals surface area contributed by atoms with E-state index in [0.717, 1.165) is 0 Å². The maximum absolute atomic E-state index is 12.2. The third-order valence-electron chi connectivity index (χ3n) is 3.33. The van der Waals surface area contributed by atoms with Crippen LogP contribution < -0.4 is 16.1 Å². The number of H-pyrrole nitrogens is 1. The van der Waals surface area contributed by atoms with Gasteiger partial charge in [0.15, 0.2) is 11.2 Å². The number of nitrogens with one attached hydrogen (secondary N) is 1. The van der Waals surface area contributed by atoms with Gasteiger partial charge in [0, 0.05) is 21.1 Å². The summed E-state index contributed by atoms with van der Waals surface area (Å²) in [5.41, 5.74) is -0.574. The molecule has 0 radical (unpaired) electrons. The molecule has 2 rings (SSSR count). The topological polar surface area (TPSA) is 105 Å². The van der Waals surface area contributed by atoms with Crippen LogP contribution in [0, 0.1) is 0 Å². The minimum absolute atomic E-state index is 0.0994.